The average molecular weight is 599 g/mol. The van der Waals surface area contributed by atoms with Crippen LogP contribution in [0.4, 0.5) is 15.8 Å². The van der Waals surface area contributed by atoms with Crippen molar-refractivity contribution in [1.82, 2.24) is 9.55 Å². The molecule has 0 radical (unpaired) electrons. The number of allylic oxidation sites excluding steroid dienone is 1. The van der Waals surface area contributed by atoms with Crippen molar-refractivity contribution in [3.8, 4) is 11.5 Å². The van der Waals surface area contributed by atoms with Crippen molar-refractivity contribution < 1.29 is 28.9 Å². The number of aliphatic hydroxyl groups is 1. The maximum absolute atomic E-state index is 16.2. The third kappa shape index (κ3) is 6.35. The molecule has 0 spiro atoms. The molecule has 2 heterocycles. The summed E-state index contributed by atoms with van der Waals surface area (Å²) in [5.41, 5.74) is 1.81. The van der Waals surface area contributed by atoms with Gasteiger partial charge in [0.05, 0.1) is 24.7 Å². The number of aryl methyl sites for hydroxylation is 1. The van der Waals surface area contributed by atoms with E-state index in [1.54, 1.807) is 36.0 Å². The van der Waals surface area contributed by atoms with Gasteiger partial charge in [0.15, 0.2) is 0 Å². The number of aromatic nitrogens is 2. The Kier molecular flexibility index (Phi) is 8.82. The van der Waals surface area contributed by atoms with Gasteiger partial charge in [-0.3, -0.25) is 9.69 Å². The fourth-order valence-corrected chi connectivity index (χ4v) is 5.42. The first kappa shape index (κ1) is 30.5. The number of phenolic OH excluding ortho intramolecular Hbond substituents is 1. The van der Waals surface area contributed by atoms with E-state index in [1.807, 2.05) is 44.2 Å². The third-order valence-corrected chi connectivity index (χ3v) is 7.65. The smallest absolute Gasteiger partial charge is 0.279 e. The van der Waals surface area contributed by atoms with Crippen LogP contribution in [0.1, 0.15) is 54.3 Å². The van der Waals surface area contributed by atoms with E-state index in [2.05, 4.69) is 10.3 Å². The second-order valence-electron chi connectivity index (χ2n) is 11.6. The van der Waals surface area contributed by atoms with E-state index in [-0.39, 0.29) is 47.8 Å². The molecule has 0 saturated carbocycles. The van der Waals surface area contributed by atoms with Gasteiger partial charge in [0.25, 0.3) is 5.91 Å². The molecule has 0 bridgehead atoms. The summed E-state index contributed by atoms with van der Waals surface area (Å²) in [4.78, 5) is 31.3. The Labute approximate surface area is 255 Å². The second kappa shape index (κ2) is 12.7. The molecule has 10 heteroatoms. The Morgan fingerprint density at radius 1 is 1.14 bits per heavy atom. The van der Waals surface area contributed by atoms with Crippen LogP contribution in [0.3, 0.4) is 0 Å². The first-order chi connectivity index (χ1) is 21.1. The van der Waals surface area contributed by atoms with Gasteiger partial charge in [0.1, 0.15) is 41.6 Å². The number of fused-ring (bicyclic) bond motifs is 1. The topological polar surface area (TPSA) is 117 Å². The van der Waals surface area contributed by atoms with E-state index in [1.165, 1.54) is 29.4 Å². The molecule has 1 unspecified atom stereocenters. The van der Waals surface area contributed by atoms with Crippen molar-refractivity contribution in [3.05, 3.63) is 113 Å². The molecule has 228 valence electrons. The van der Waals surface area contributed by atoms with E-state index in [9.17, 15) is 19.8 Å². The molecule has 1 atom stereocenters. The molecular weight excluding hydrogens is 563 g/mol. The summed E-state index contributed by atoms with van der Waals surface area (Å²) >= 11 is 0. The number of hydrogen-bond donors (Lipinski definition) is 3. The average Bonchev–Trinajstić information content (AvgIpc) is 3.38. The monoisotopic (exact) mass is 598 g/mol. The van der Waals surface area contributed by atoms with Gasteiger partial charge in [-0.25, -0.2) is 9.37 Å². The van der Waals surface area contributed by atoms with Crippen LogP contribution in [0.5, 0.6) is 11.5 Å². The van der Waals surface area contributed by atoms with Crippen LogP contribution in [0.15, 0.2) is 90.5 Å². The van der Waals surface area contributed by atoms with E-state index in [4.69, 9.17) is 4.74 Å². The van der Waals surface area contributed by atoms with E-state index in [0.717, 1.165) is 11.8 Å². The van der Waals surface area contributed by atoms with Crippen molar-refractivity contribution >= 4 is 23.6 Å². The molecule has 4 aromatic rings. The van der Waals surface area contributed by atoms with Crippen LogP contribution >= 0.6 is 0 Å². The maximum Gasteiger partial charge on any atom is 0.279 e. The van der Waals surface area contributed by atoms with Crippen LogP contribution < -0.4 is 15.0 Å². The quantitative estimate of drug-likeness (QED) is 0.154. The first-order valence-corrected chi connectivity index (χ1v) is 14.2. The standard InChI is InChI=1S/C34H35FN4O5/c1-34(2,14-15-40)17-27-25(19-41)32(24-13-12-23(16-26(24)35)44-20-22-8-5-4-6-9-22)39(33(43)28-18-38(3)21-36-28)29-10-7-11-30(42)31(29)37-27/h4-13,15-16,18,21,32,37,41-42H,14,17,19-20H2,1-3H3. The van der Waals surface area contributed by atoms with Crippen molar-refractivity contribution in [1.29, 1.82) is 0 Å². The Bertz CT molecular complexity index is 1700. The summed E-state index contributed by atoms with van der Waals surface area (Å²) in [5.74, 6) is -1.06. The minimum Gasteiger partial charge on any atom is -0.506 e. The van der Waals surface area contributed by atoms with Crippen molar-refractivity contribution in [2.75, 3.05) is 16.8 Å². The number of aromatic hydroxyl groups is 1. The summed E-state index contributed by atoms with van der Waals surface area (Å²) in [5, 5.41) is 25.1. The number of anilines is 2. The number of aldehydes is 1. The Balaban J connectivity index is 1.68. The number of phenols is 1. The fourth-order valence-electron chi connectivity index (χ4n) is 5.42. The lowest BCUT2D eigenvalue weighted by Crippen LogP contribution is -2.37. The zero-order valence-electron chi connectivity index (χ0n) is 24.8. The van der Waals surface area contributed by atoms with Gasteiger partial charge in [-0.2, -0.15) is 0 Å². The Morgan fingerprint density at radius 2 is 1.91 bits per heavy atom. The Morgan fingerprint density at radius 3 is 2.57 bits per heavy atom. The molecule has 1 aliphatic rings. The molecule has 0 fully saturated rings. The zero-order valence-corrected chi connectivity index (χ0v) is 24.8. The number of aliphatic hydroxyl groups excluding tert-OH is 1. The third-order valence-electron chi connectivity index (χ3n) is 7.65. The number of benzene rings is 3. The molecule has 1 aromatic heterocycles. The maximum atomic E-state index is 16.2. The summed E-state index contributed by atoms with van der Waals surface area (Å²) in [6, 6.07) is 17.5. The molecule has 1 aliphatic heterocycles. The SMILES string of the molecule is Cn1cnc(C(=O)N2c3cccc(O)c3NC(CC(C)(C)CC=O)=C(CO)C2c2ccc(OCc3ccccc3)cc2F)c1. The highest BCUT2D eigenvalue weighted by atomic mass is 19.1. The highest BCUT2D eigenvalue weighted by Crippen LogP contribution is 2.48. The lowest BCUT2D eigenvalue weighted by atomic mass is 9.82. The molecule has 3 N–H and O–H groups in total. The number of para-hydroxylation sites is 1. The summed E-state index contributed by atoms with van der Waals surface area (Å²) in [7, 11) is 1.73. The van der Waals surface area contributed by atoms with Crippen LogP contribution in [-0.2, 0) is 18.4 Å². The highest BCUT2D eigenvalue weighted by molar-refractivity contribution is 6.08. The molecule has 9 nitrogen and oxygen atoms in total. The molecule has 1 amide bonds. The minimum atomic E-state index is -1.14. The summed E-state index contributed by atoms with van der Waals surface area (Å²) < 4.78 is 23.7. The number of halogens is 1. The van der Waals surface area contributed by atoms with Gasteiger partial charge in [-0.1, -0.05) is 50.2 Å². The zero-order chi connectivity index (χ0) is 31.4. The van der Waals surface area contributed by atoms with Crippen LogP contribution in [0, 0.1) is 11.2 Å². The largest absolute Gasteiger partial charge is 0.506 e. The number of carbonyl (C=O) groups excluding carboxylic acids is 2. The van der Waals surface area contributed by atoms with Gasteiger partial charge < -0.3 is 29.6 Å². The molecule has 0 saturated heterocycles. The number of amides is 1. The van der Waals surface area contributed by atoms with Gasteiger partial charge in [0, 0.05) is 42.6 Å². The number of carbonyl (C=O) groups is 2. The lowest BCUT2D eigenvalue weighted by Gasteiger charge is -2.33. The first-order valence-electron chi connectivity index (χ1n) is 14.2. The normalized spacial score (nSPS) is 14.9. The highest BCUT2D eigenvalue weighted by Gasteiger charge is 2.39. The van der Waals surface area contributed by atoms with E-state index in [0.29, 0.717) is 17.0 Å². The van der Waals surface area contributed by atoms with Gasteiger partial charge >= 0.3 is 0 Å². The van der Waals surface area contributed by atoms with Crippen molar-refractivity contribution in [2.24, 2.45) is 12.5 Å². The number of hydrogen-bond acceptors (Lipinski definition) is 7. The lowest BCUT2D eigenvalue weighted by molar-refractivity contribution is -0.109. The number of rotatable bonds is 10. The number of imidazole rings is 1. The number of ether oxygens (including phenoxy) is 1. The van der Waals surface area contributed by atoms with Crippen molar-refractivity contribution in [2.45, 2.75) is 39.3 Å². The Hall–Kier alpha value is -4.96. The fraction of sp³-hybridized carbons (Fsp3) is 0.265. The summed E-state index contributed by atoms with van der Waals surface area (Å²) in [6.07, 6.45) is 4.33. The molecule has 3 aromatic carbocycles. The molecule has 0 aliphatic carbocycles. The van der Waals surface area contributed by atoms with Crippen LogP contribution in [0.2, 0.25) is 0 Å². The predicted octanol–water partition coefficient (Wildman–Crippen LogP) is 5.91. The van der Waals surface area contributed by atoms with Gasteiger partial charge in [0.2, 0.25) is 0 Å². The number of nitrogens with zero attached hydrogens (tertiary/aromatic N) is 3. The van der Waals surface area contributed by atoms with Crippen LogP contribution in [-0.4, -0.2) is 38.6 Å². The molecule has 5 rings (SSSR count). The number of nitrogens with one attached hydrogen (secondary N) is 1. The molecular formula is C34H35FN4O5. The molecule has 44 heavy (non-hydrogen) atoms. The van der Waals surface area contributed by atoms with E-state index < -0.39 is 29.8 Å². The summed E-state index contributed by atoms with van der Waals surface area (Å²) in [6.45, 7) is 3.48. The minimum absolute atomic E-state index is 0.0945. The second-order valence-corrected chi connectivity index (χ2v) is 11.6. The van der Waals surface area contributed by atoms with Gasteiger partial charge in [-0.05, 0) is 41.7 Å². The van der Waals surface area contributed by atoms with Gasteiger partial charge in [-0.15, -0.1) is 0 Å². The van der Waals surface area contributed by atoms with E-state index >= 15 is 4.39 Å². The van der Waals surface area contributed by atoms with Crippen molar-refractivity contribution in [3.63, 3.8) is 0 Å². The van der Waals surface area contributed by atoms with Crippen LogP contribution in [0.25, 0.3) is 0 Å². The predicted molar refractivity (Wildman–Crippen MR) is 165 cm³/mol.